The fraction of sp³-hybridized carbons (Fsp3) is 0.896. The van der Waals surface area contributed by atoms with Gasteiger partial charge in [0.15, 0.2) is 6.10 Å². The summed E-state index contributed by atoms with van der Waals surface area (Å²) < 4.78 is 16.9. The van der Waals surface area contributed by atoms with Crippen molar-refractivity contribution >= 4 is 17.9 Å². The molecule has 0 spiro atoms. The molecule has 0 saturated carbocycles. The minimum atomic E-state index is -0.774. The van der Waals surface area contributed by atoms with E-state index in [4.69, 9.17) is 14.2 Å². The predicted molar refractivity (Wildman–Crippen MR) is 316 cm³/mol. The maximum Gasteiger partial charge on any atom is 0.306 e. The Morgan fingerprint density at radius 2 is 0.452 bits per heavy atom. The topological polar surface area (TPSA) is 78.9 Å². The van der Waals surface area contributed by atoms with Crippen molar-refractivity contribution < 1.29 is 28.6 Å². The van der Waals surface area contributed by atoms with Gasteiger partial charge in [0.1, 0.15) is 13.2 Å². The smallest absolute Gasteiger partial charge is 0.306 e. The lowest BCUT2D eigenvalue weighted by Gasteiger charge is -2.18. The Hall–Kier alpha value is -2.11. The molecule has 0 aromatic rings. The van der Waals surface area contributed by atoms with Crippen LogP contribution in [0, 0.1) is 0 Å². The van der Waals surface area contributed by atoms with Crippen LogP contribution in [0.2, 0.25) is 0 Å². The Kier molecular flexibility index (Phi) is 60.6. The molecule has 0 aliphatic rings. The van der Waals surface area contributed by atoms with Crippen molar-refractivity contribution in [2.75, 3.05) is 13.2 Å². The average molecular weight is 1030 g/mol. The molecular formula is C67H126O6. The van der Waals surface area contributed by atoms with Gasteiger partial charge in [0, 0.05) is 19.3 Å². The number of carbonyl (C=O) groups is 3. The number of esters is 3. The molecule has 6 nitrogen and oxygen atoms in total. The Bertz CT molecular complexity index is 1180. The van der Waals surface area contributed by atoms with Crippen LogP contribution in [0.25, 0.3) is 0 Å². The van der Waals surface area contributed by atoms with Crippen molar-refractivity contribution in [3.8, 4) is 0 Å². The van der Waals surface area contributed by atoms with Gasteiger partial charge in [0.2, 0.25) is 0 Å². The van der Waals surface area contributed by atoms with E-state index in [0.29, 0.717) is 19.3 Å². The summed E-state index contributed by atoms with van der Waals surface area (Å²) in [7, 11) is 0. The Morgan fingerprint density at radius 1 is 0.260 bits per heavy atom. The Morgan fingerprint density at radius 3 is 0.712 bits per heavy atom. The van der Waals surface area contributed by atoms with Gasteiger partial charge in [-0.15, -0.1) is 0 Å². The lowest BCUT2D eigenvalue weighted by molar-refractivity contribution is -0.167. The number of ether oxygens (including phenoxy) is 3. The number of hydrogen-bond donors (Lipinski definition) is 0. The van der Waals surface area contributed by atoms with Gasteiger partial charge in [-0.25, -0.2) is 0 Å². The van der Waals surface area contributed by atoms with E-state index in [1.807, 2.05) is 0 Å². The van der Waals surface area contributed by atoms with E-state index in [9.17, 15) is 14.4 Å². The molecule has 0 bridgehead atoms. The molecule has 0 N–H and O–H groups in total. The fourth-order valence-corrected chi connectivity index (χ4v) is 9.97. The molecule has 6 heteroatoms. The monoisotopic (exact) mass is 1030 g/mol. The van der Waals surface area contributed by atoms with Crippen LogP contribution < -0.4 is 0 Å². The van der Waals surface area contributed by atoms with Crippen molar-refractivity contribution in [2.24, 2.45) is 0 Å². The second kappa shape index (κ2) is 62.4. The lowest BCUT2D eigenvalue weighted by atomic mass is 10.0. The van der Waals surface area contributed by atoms with Gasteiger partial charge >= 0.3 is 17.9 Å². The quantitative estimate of drug-likeness (QED) is 0.0261. The van der Waals surface area contributed by atoms with E-state index in [2.05, 4.69) is 45.1 Å². The van der Waals surface area contributed by atoms with Crippen LogP contribution in [0.15, 0.2) is 24.3 Å². The first-order valence-corrected chi connectivity index (χ1v) is 32.8. The van der Waals surface area contributed by atoms with E-state index >= 15 is 0 Å². The number of rotatable bonds is 61. The summed E-state index contributed by atoms with van der Waals surface area (Å²) in [6.45, 7) is 6.67. The van der Waals surface area contributed by atoms with Gasteiger partial charge in [-0.3, -0.25) is 14.4 Å². The number of unbranched alkanes of at least 4 members (excludes halogenated alkanes) is 46. The SMILES string of the molecule is CCCCC/C=C\CCCCCCCC(=O)OCC(COC(=O)CCCCCCCCCCCCCCCCCCCCCCCCCCC)OC(=O)CCCCCCCCC/C=C\CCCCCCCCC. The van der Waals surface area contributed by atoms with Gasteiger partial charge in [0.25, 0.3) is 0 Å². The van der Waals surface area contributed by atoms with Crippen molar-refractivity contribution in [1.29, 1.82) is 0 Å². The highest BCUT2D eigenvalue weighted by Crippen LogP contribution is 2.18. The summed E-state index contributed by atoms with van der Waals surface area (Å²) in [4.78, 5) is 38.3. The maximum absolute atomic E-state index is 12.9. The first kappa shape index (κ1) is 70.9. The highest BCUT2D eigenvalue weighted by Gasteiger charge is 2.19. The molecule has 73 heavy (non-hydrogen) atoms. The van der Waals surface area contributed by atoms with E-state index in [1.54, 1.807) is 0 Å². The van der Waals surface area contributed by atoms with Gasteiger partial charge in [0.05, 0.1) is 0 Å². The minimum Gasteiger partial charge on any atom is -0.462 e. The van der Waals surface area contributed by atoms with Crippen LogP contribution in [-0.2, 0) is 28.6 Å². The lowest BCUT2D eigenvalue weighted by Crippen LogP contribution is -2.30. The second-order valence-corrected chi connectivity index (χ2v) is 22.4. The molecule has 0 saturated heterocycles. The highest BCUT2D eigenvalue weighted by atomic mass is 16.6. The molecule has 0 heterocycles. The van der Waals surface area contributed by atoms with Crippen LogP contribution in [0.1, 0.15) is 367 Å². The highest BCUT2D eigenvalue weighted by molar-refractivity contribution is 5.71. The Balaban J connectivity index is 4.21. The molecule has 0 radical (unpaired) electrons. The first-order valence-electron chi connectivity index (χ1n) is 32.8. The van der Waals surface area contributed by atoms with Crippen LogP contribution in [0.5, 0.6) is 0 Å². The maximum atomic E-state index is 12.9. The third-order valence-electron chi connectivity index (χ3n) is 14.9. The zero-order valence-electron chi connectivity index (χ0n) is 49.4. The number of carbonyl (C=O) groups excluding carboxylic acids is 3. The zero-order chi connectivity index (χ0) is 52.9. The number of hydrogen-bond acceptors (Lipinski definition) is 6. The van der Waals surface area contributed by atoms with Crippen LogP contribution >= 0.6 is 0 Å². The summed E-state index contributed by atoms with van der Waals surface area (Å²) in [6, 6.07) is 0. The molecule has 1 atom stereocenters. The summed E-state index contributed by atoms with van der Waals surface area (Å²) in [5, 5.41) is 0. The van der Waals surface area contributed by atoms with Crippen LogP contribution in [0.3, 0.4) is 0 Å². The summed E-state index contributed by atoms with van der Waals surface area (Å²) in [5.41, 5.74) is 0. The van der Waals surface area contributed by atoms with E-state index in [1.165, 1.54) is 263 Å². The fourth-order valence-electron chi connectivity index (χ4n) is 9.97. The van der Waals surface area contributed by atoms with Crippen molar-refractivity contribution in [1.82, 2.24) is 0 Å². The second-order valence-electron chi connectivity index (χ2n) is 22.4. The third-order valence-corrected chi connectivity index (χ3v) is 14.9. The summed E-state index contributed by atoms with van der Waals surface area (Å²) in [6.07, 6.45) is 74.8. The molecule has 0 aromatic carbocycles. The summed E-state index contributed by atoms with van der Waals surface area (Å²) in [5.74, 6) is -0.860. The van der Waals surface area contributed by atoms with Gasteiger partial charge in [-0.05, 0) is 70.6 Å². The molecule has 0 fully saturated rings. The first-order chi connectivity index (χ1) is 36.0. The van der Waals surface area contributed by atoms with E-state index < -0.39 is 6.10 Å². The molecule has 0 aromatic heterocycles. The van der Waals surface area contributed by atoms with Crippen molar-refractivity contribution in [3.05, 3.63) is 24.3 Å². The van der Waals surface area contributed by atoms with Crippen LogP contribution in [-0.4, -0.2) is 37.2 Å². The molecule has 0 aliphatic carbocycles. The minimum absolute atomic E-state index is 0.0708. The third kappa shape index (κ3) is 60.6. The largest absolute Gasteiger partial charge is 0.462 e. The summed E-state index contributed by atoms with van der Waals surface area (Å²) >= 11 is 0. The average Bonchev–Trinajstić information content (AvgIpc) is 3.39. The van der Waals surface area contributed by atoms with Crippen LogP contribution in [0.4, 0.5) is 0 Å². The zero-order valence-corrected chi connectivity index (χ0v) is 49.4. The molecule has 0 aliphatic heterocycles. The molecule has 0 rings (SSSR count). The van der Waals surface area contributed by atoms with Gasteiger partial charge in [-0.1, -0.05) is 302 Å². The van der Waals surface area contributed by atoms with E-state index in [0.717, 1.165) is 64.2 Å². The predicted octanol–water partition coefficient (Wildman–Crippen LogP) is 22.2. The standard InChI is InChI=1S/C67H126O6/c1-4-7-10-13-16-19-22-25-27-29-31-32-33-34-35-36-37-39-40-42-45-48-51-54-57-60-66(69)72-63-64(62-71-65(68)59-56-53-50-47-44-24-21-18-15-12-9-6-3)73-67(70)61-58-55-52-49-46-43-41-38-30-28-26-23-20-17-14-11-8-5-2/h18,21,28,30,64H,4-17,19-20,22-27,29,31-63H2,1-3H3/b21-18-,30-28-. The molecule has 0 amide bonds. The molecule has 1 unspecified atom stereocenters. The Labute approximate surface area is 455 Å². The number of allylic oxidation sites excluding steroid dienone is 4. The van der Waals surface area contributed by atoms with Crippen molar-refractivity contribution in [2.45, 2.75) is 374 Å². The molecular weight excluding hydrogens is 901 g/mol. The van der Waals surface area contributed by atoms with Crippen molar-refractivity contribution in [3.63, 3.8) is 0 Å². The normalized spacial score (nSPS) is 12.1. The van der Waals surface area contributed by atoms with Gasteiger partial charge in [-0.2, -0.15) is 0 Å². The van der Waals surface area contributed by atoms with E-state index in [-0.39, 0.29) is 31.1 Å². The molecule has 430 valence electrons. The van der Waals surface area contributed by atoms with Gasteiger partial charge < -0.3 is 14.2 Å².